The molecule has 0 bridgehead atoms. The van der Waals surface area contributed by atoms with Crippen molar-refractivity contribution in [2.45, 2.75) is 40.0 Å². The second-order valence-corrected chi connectivity index (χ2v) is 9.28. The summed E-state index contributed by atoms with van der Waals surface area (Å²) in [6.07, 6.45) is 4.51. The lowest BCUT2D eigenvalue weighted by Gasteiger charge is -2.25. The summed E-state index contributed by atoms with van der Waals surface area (Å²) in [7, 11) is -3.28. The number of hydrogen-bond acceptors (Lipinski definition) is 3. The molecule has 1 saturated heterocycles. The van der Waals surface area contributed by atoms with Gasteiger partial charge in [-0.1, -0.05) is 50.1 Å². The third-order valence-electron chi connectivity index (χ3n) is 4.66. The number of piperidine rings is 1. The molecule has 0 atom stereocenters. The normalized spacial score (nSPS) is 16.7. The molecule has 1 heterocycles. The van der Waals surface area contributed by atoms with E-state index in [1.807, 2.05) is 45.0 Å². The second kappa shape index (κ2) is 9.33. The van der Waals surface area contributed by atoms with Gasteiger partial charge < -0.3 is 5.32 Å². The van der Waals surface area contributed by atoms with E-state index in [1.165, 1.54) is 5.56 Å². The van der Waals surface area contributed by atoms with Crippen LogP contribution < -0.4 is 5.32 Å². The molecule has 1 amide bonds. The van der Waals surface area contributed by atoms with Crippen LogP contribution in [0.3, 0.4) is 0 Å². The molecular weight excluding hydrogens is 348 g/mol. The van der Waals surface area contributed by atoms with Crippen molar-refractivity contribution in [2.24, 2.45) is 5.92 Å². The molecule has 2 rings (SSSR count). The first kappa shape index (κ1) is 20.6. The molecule has 0 unspecified atom stereocenters. The van der Waals surface area contributed by atoms with Gasteiger partial charge in [0.05, 0.1) is 5.75 Å². The van der Waals surface area contributed by atoms with E-state index in [9.17, 15) is 13.2 Å². The number of nitrogens with zero attached hydrogens (tertiary/aromatic N) is 1. The highest BCUT2D eigenvalue weighted by Gasteiger charge is 2.23. The van der Waals surface area contributed by atoms with Crippen molar-refractivity contribution >= 4 is 21.5 Å². The van der Waals surface area contributed by atoms with Gasteiger partial charge in [0.2, 0.25) is 15.9 Å². The number of carbonyl (C=O) groups excluding carboxylic acids is 1. The van der Waals surface area contributed by atoms with E-state index in [1.54, 1.807) is 10.4 Å². The summed E-state index contributed by atoms with van der Waals surface area (Å²) >= 11 is 0. The second-order valence-electron chi connectivity index (χ2n) is 7.19. The van der Waals surface area contributed by atoms with Crippen LogP contribution in [0.15, 0.2) is 30.3 Å². The fraction of sp³-hybridized carbons (Fsp3) is 0.550. The van der Waals surface area contributed by atoms with E-state index in [4.69, 9.17) is 0 Å². The predicted molar refractivity (Wildman–Crippen MR) is 106 cm³/mol. The lowest BCUT2D eigenvalue weighted by atomic mass is 9.94. The molecular formula is C20H30N2O3S. The van der Waals surface area contributed by atoms with E-state index in [0.717, 1.165) is 30.4 Å². The molecule has 6 heteroatoms. The molecule has 1 N–H and O–H groups in total. The van der Waals surface area contributed by atoms with Crippen molar-refractivity contribution in [2.75, 3.05) is 25.4 Å². The van der Waals surface area contributed by atoms with Gasteiger partial charge in [0.1, 0.15) is 0 Å². The minimum Gasteiger partial charge on any atom is -0.351 e. The van der Waals surface area contributed by atoms with Gasteiger partial charge in [0.25, 0.3) is 0 Å². The maximum absolute atomic E-state index is 12.3. The Bertz CT molecular complexity index is 731. The van der Waals surface area contributed by atoms with Crippen LogP contribution >= 0.6 is 0 Å². The minimum absolute atomic E-state index is 0.0475. The number of hydrogen-bond donors (Lipinski definition) is 1. The first-order valence-electron chi connectivity index (χ1n) is 9.34. The first-order valence-corrected chi connectivity index (χ1v) is 10.9. The minimum atomic E-state index is -3.28. The first-order chi connectivity index (χ1) is 12.3. The van der Waals surface area contributed by atoms with Crippen molar-refractivity contribution in [3.8, 4) is 0 Å². The number of rotatable bonds is 7. The number of amides is 1. The Balaban J connectivity index is 1.95. The van der Waals surface area contributed by atoms with Gasteiger partial charge in [-0.15, -0.1) is 0 Å². The average molecular weight is 379 g/mol. The van der Waals surface area contributed by atoms with Crippen LogP contribution in [0, 0.1) is 12.8 Å². The van der Waals surface area contributed by atoms with Crippen molar-refractivity contribution in [3.63, 3.8) is 0 Å². The lowest BCUT2D eigenvalue weighted by Crippen LogP contribution is -2.40. The highest BCUT2D eigenvalue weighted by molar-refractivity contribution is 7.89. The summed E-state index contributed by atoms with van der Waals surface area (Å²) in [5.74, 6) is -0.0997. The van der Waals surface area contributed by atoms with Crippen molar-refractivity contribution in [1.29, 1.82) is 0 Å². The van der Waals surface area contributed by atoms with Gasteiger partial charge in [0, 0.05) is 25.7 Å². The zero-order chi connectivity index (χ0) is 19.2. The highest BCUT2D eigenvalue weighted by atomic mass is 32.2. The number of benzene rings is 1. The van der Waals surface area contributed by atoms with Crippen LogP contribution in [0.1, 0.15) is 44.2 Å². The van der Waals surface area contributed by atoms with Crippen LogP contribution in [0.2, 0.25) is 0 Å². The third kappa shape index (κ3) is 5.95. The third-order valence-corrected chi connectivity index (χ3v) is 6.53. The smallest absolute Gasteiger partial charge is 0.244 e. The topological polar surface area (TPSA) is 66.5 Å². The molecule has 144 valence electrons. The van der Waals surface area contributed by atoms with Crippen LogP contribution in [0.5, 0.6) is 0 Å². The zero-order valence-electron chi connectivity index (χ0n) is 16.0. The molecule has 0 saturated carbocycles. The summed E-state index contributed by atoms with van der Waals surface area (Å²) in [6, 6.07) is 8.06. The maximum Gasteiger partial charge on any atom is 0.244 e. The van der Waals surface area contributed by atoms with Crippen LogP contribution in [0.25, 0.3) is 5.57 Å². The molecule has 0 radical (unpaired) electrons. The Hall–Kier alpha value is -1.66. The van der Waals surface area contributed by atoms with E-state index in [0.29, 0.717) is 13.1 Å². The van der Waals surface area contributed by atoms with Gasteiger partial charge in [-0.05, 0) is 36.8 Å². The number of aryl methyl sites for hydroxylation is 1. The summed E-state index contributed by atoms with van der Waals surface area (Å²) < 4.78 is 26.2. The molecule has 1 aromatic rings. The van der Waals surface area contributed by atoms with Gasteiger partial charge in [0.15, 0.2) is 0 Å². The van der Waals surface area contributed by atoms with E-state index in [2.05, 4.69) is 5.32 Å². The Morgan fingerprint density at radius 3 is 2.35 bits per heavy atom. The standard InChI is InChI=1S/C20H30N2O3S/c1-16(2)19(18-9-7-17(3)8-10-18)15-20(23)21-11-14-26(24,25)22-12-5-4-6-13-22/h7-10,15-16H,4-6,11-14H2,1-3H3,(H,21,23)/b19-15+. The van der Waals surface area contributed by atoms with Crippen LogP contribution in [-0.2, 0) is 14.8 Å². The van der Waals surface area contributed by atoms with Crippen molar-refractivity contribution in [1.82, 2.24) is 9.62 Å². The number of carbonyl (C=O) groups is 1. The fourth-order valence-corrected chi connectivity index (χ4v) is 4.53. The molecule has 0 aliphatic carbocycles. The molecule has 1 aliphatic heterocycles. The highest BCUT2D eigenvalue weighted by Crippen LogP contribution is 2.23. The summed E-state index contributed by atoms with van der Waals surface area (Å²) in [4.78, 5) is 12.3. The van der Waals surface area contributed by atoms with Crippen molar-refractivity contribution in [3.05, 3.63) is 41.5 Å². The van der Waals surface area contributed by atoms with Crippen molar-refractivity contribution < 1.29 is 13.2 Å². The summed E-state index contributed by atoms with van der Waals surface area (Å²) in [6.45, 7) is 7.44. The molecule has 1 aliphatic rings. The molecule has 0 spiro atoms. The Kier molecular flexibility index (Phi) is 7.41. The van der Waals surface area contributed by atoms with Gasteiger partial charge >= 0.3 is 0 Å². The Labute approximate surface area is 157 Å². The van der Waals surface area contributed by atoms with Gasteiger partial charge in [-0.25, -0.2) is 12.7 Å². The van der Waals surface area contributed by atoms with Crippen LogP contribution in [-0.4, -0.2) is 44.0 Å². The largest absolute Gasteiger partial charge is 0.351 e. The predicted octanol–water partition coefficient (Wildman–Crippen LogP) is 2.97. The fourth-order valence-electron chi connectivity index (χ4n) is 3.10. The van der Waals surface area contributed by atoms with Gasteiger partial charge in [-0.2, -0.15) is 0 Å². The quantitative estimate of drug-likeness (QED) is 0.742. The van der Waals surface area contributed by atoms with Crippen LogP contribution in [0.4, 0.5) is 0 Å². The number of nitrogens with one attached hydrogen (secondary N) is 1. The lowest BCUT2D eigenvalue weighted by molar-refractivity contribution is -0.116. The zero-order valence-corrected chi connectivity index (χ0v) is 16.8. The SMILES string of the molecule is Cc1ccc(/C(=C/C(=O)NCCS(=O)(=O)N2CCCCC2)C(C)C)cc1. The maximum atomic E-state index is 12.3. The molecule has 1 fully saturated rings. The summed E-state index contributed by atoms with van der Waals surface area (Å²) in [5, 5.41) is 2.72. The molecule has 5 nitrogen and oxygen atoms in total. The van der Waals surface area contributed by atoms with Gasteiger partial charge in [-0.3, -0.25) is 4.79 Å². The monoisotopic (exact) mass is 378 g/mol. The molecule has 1 aromatic carbocycles. The summed E-state index contributed by atoms with van der Waals surface area (Å²) in [5.41, 5.74) is 3.13. The Morgan fingerprint density at radius 1 is 1.15 bits per heavy atom. The average Bonchev–Trinajstić information content (AvgIpc) is 2.61. The van der Waals surface area contributed by atoms with E-state index >= 15 is 0 Å². The van der Waals surface area contributed by atoms with E-state index < -0.39 is 10.0 Å². The van der Waals surface area contributed by atoms with E-state index in [-0.39, 0.29) is 24.1 Å². The number of sulfonamides is 1. The molecule has 26 heavy (non-hydrogen) atoms. The molecule has 0 aromatic heterocycles. The number of allylic oxidation sites excluding steroid dienone is 1. The Morgan fingerprint density at radius 2 is 1.77 bits per heavy atom.